The zero-order valence-corrected chi connectivity index (χ0v) is 7.52. The van der Waals surface area contributed by atoms with Crippen LogP contribution in [0.2, 0.25) is 0 Å². The van der Waals surface area contributed by atoms with Crippen LogP contribution in [0, 0.1) is 5.92 Å². The minimum Gasteiger partial charge on any atom is -0.381 e. The molecule has 1 fully saturated rings. The highest BCUT2D eigenvalue weighted by molar-refractivity contribution is 4.55. The Morgan fingerprint density at radius 3 is 2.50 bits per heavy atom. The van der Waals surface area contributed by atoms with E-state index in [1.807, 2.05) is 13.8 Å². The van der Waals surface area contributed by atoms with Gasteiger partial charge < -0.3 is 4.74 Å². The Morgan fingerprint density at radius 1 is 1.10 bits per heavy atom. The highest BCUT2D eigenvalue weighted by Crippen LogP contribution is 2.13. The molecule has 0 amide bonds. The first-order valence-electron chi connectivity index (χ1n) is 4.47. The molecule has 0 aromatic rings. The average Bonchev–Trinajstić information content (AvgIpc) is 2.21. The molecule has 1 heterocycles. The Kier molecular flexibility index (Phi) is 7.04. The van der Waals surface area contributed by atoms with E-state index in [0.717, 1.165) is 19.1 Å². The summed E-state index contributed by atoms with van der Waals surface area (Å²) < 4.78 is 5.26. The van der Waals surface area contributed by atoms with Gasteiger partial charge in [0.1, 0.15) is 0 Å². The van der Waals surface area contributed by atoms with Crippen molar-refractivity contribution in [2.75, 3.05) is 13.2 Å². The molecule has 1 heteroatoms. The number of ether oxygens (including phenoxy) is 1. The van der Waals surface area contributed by atoms with E-state index in [9.17, 15) is 0 Å². The first kappa shape index (κ1) is 9.96. The van der Waals surface area contributed by atoms with Gasteiger partial charge in [-0.2, -0.15) is 0 Å². The van der Waals surface area contributed by atoms with Crippen LogP contribution in [0.1, 0.15) is 40.0 Å². The van der Waals surface area contributed by atoms with Gasteiger partial charge in [-0.1, -0.05) is 20.8 Å². The Bertz CT molecular complexity index is 53.7. The Hall–Kier alpha value is -0.0400. The van der Waals surface area contributed by atoms with Gasteiger partial charge in [0.25, 0.3) is 0 Å². The summed E-state index contributed by atoms with van der Waals surface area (Å²) in [5, 5.41) is 0. The molecule has 1 aliphatic rings. The zero-order chi connectivity index (χ0) is 7.82. The summed E-state index contributed by atoms with van der Waals surface area (Å²) in [5.74, 6) is 0.900. The molecule has 62 valence electrons. The maximum Gasteiger partial charge on any atom is 0.0468 e. The lowest BCUT2D eigenvalue weighted by Crippen LogP contribution is -1.93. The van der Waals surface area contributed by atoms with E-state index in [1.54, 1.807) is 0 Å². The van der Waals surface area contributed by atoms with Crippen molar-refractivity contribution in [3.8, 4) is 0 Å². The van der Waals surface area contributed by atoms with Gasteiger partial charge >= 0.3 is 0 Å². The van der Waals surface area contributed by atoms with Crippen LogP contribution in [0.15, 0.2) is 0 Å². The van der Waals surface area contributed by atoms with E-state index >= 15 is 0 Å². The maximum atomic E-state index is 5.26. The summed E-state index contributed by atoms with van der Waals surface area (Å²) in [6, 6.07) is 0. The number of rotatable bonds is 0. The lowest BCUT2D eigenvalue weighted by Gasteiger charge is -2.01. The topological polar surface area (TPSA) is 9.23 Å². The minimum absolute atomic E-state index is 0.900. The molecule has 1 aliphatic heterocycles. The molecular formula is C9H20O. The minimum atomic E-state index is 0.900. The standard InChI is InChI=1S/C7H14O.C2H6/c1-7-3-2-5-8-6-4-7;1-2/h7H,2-6H2,1H3;1-2H3. The molecule has 0 saturated carbocycles. The van der Waals surface area contributed by atoms with E-state index in [1.165, 1.54) is 19.3 Å². The number of hydrogen-bond donors (Lipinski definition) is 0. The second-order valence-corrected chi connectivity index (χ2v) is 2.65. The van der Waals surface area contributed by atoms with E-state index in [4.69, 9.17) is 4.74 Å². The monoisotopic (exact) mass is 144 g/mol. The van der Waals surface area contributed by atoms with Crippen molar-refractivity contribution in [2.45, 2.75) is 40.0 Å². The van der Waals surface area contributed by atoms with Gasteiger partial charge in [-0.15, -0.1) is 0 Å². The first-order chi connectivity index (χ1) is 4.89. The molecule has 0 N–H and O–H groups in total. The summed E-state index contributed by atoms with van der Waals surface area (Å²) in [6.45, 7) is 8.28. The van der Waals surface area contributed by atoms with Crippen LogP contribution in [0.3, 0.4) is 0 Å². The molecule has 1 nitrogen and oxygen atoms in total. The van der Waals surface area contributed by atoms with Crippen LogP contribution in [0.25, 0.3) is 0 Å². The third-order valence-electron chi connectivity index (χ3n) is 1.74. The highest BCUT2D eigenvalue weighted by Gasteiger charge is 2.05. The van der Waals surface area contributed by atoms with Crippen molar-refractivity contribution in [1.82, 2.24) is 0 Å². The predicted molar refractivity (Wildman–Crippen MR) is 45.2 cm³/mol. The van der Waals surface area contributed by atoms with Gasteiger partial charge in [0.05, 0.1) is 0 Å². The lowest BCUT2D eigenvalue weighted by atomic mass is 10.0. The fraction of sp³-hybridized carbons (Fsp3) is 1.00. The van der Waals surface area contributed by atoms with Gasteiger partial charge in [-0.3, -0.25) is 0 Å². The quantitative estimate of drug-likeness (QED) is 0.508. The summed E-state index contributed by atoms with van der Waals surface area (Å²) in [6.07, 6.45) is 3.89. The molecule has 0 spiro atoms. The molecule has 1 unspecified atom stereocenters. The smallest absolute Gasteiger partial charge is 0.0468 e. The molecule has 1 rings (SSSR count). The van der Waals surface area contributed by atoms with Gasteiger partial charge in [0.15, 0.2) is 0 Å². The van der Waals surface area contributed by atoms with Gasteiger partial charge in [0, 0.05) is 13.2 Å². The fourth-order valence-electron chi connectivity index (χ4n) is 1.06. The van der Waals surface area contributed by atoms with Gasteiger partial charge in [-0.05, 0) is 25.2 Å². The molecular weight excluding hydrogens is 124 g/mol. The maximum absolute atomic E-state index is 5.26. The SMILES string of the molecule is CC.CC1CCCOCC1. The second kappa shape index (κ2) is 7.07. The summed E-state index contributed by atoms with van der Waals surface area (Å²) in [5.41, 5.74) is 0. The largest absolute Gasteiger partial charge is 0.381 e. The summed E-state index contributed by atoms with van der Waals surface area (Å²) >= 11 is 0. The predicted octanol–water partition coefficient (Wildman–Crippen LogP) is 2.85. The average molecular weight is 144 g/mol. The molecule has 0 aromatic carbocycles. The van der Waals surface area contributed by atoms with E-state index in [-0.39, 0.29) is 0 Å². The van der Waals surface area contributed by atoms with Crippen molar-refractivity contribution < 1.29 is 4.74 Å². The molecule has 0 bridgehead atoms. The Labute approximate surface area is 64.8 Å². The van der Waals surface area contributed by atoms with E-state index in [0.29, 0.717) is 0 Å². The Balaban J connectivity index is 0.000000371. The molecule has 0 aliphatic carbocycles. The highest BCUT2D eigenvalue weighted by atomic mass is 16.5. The zero-order valence-electron chi connectivity index (χ0n) is 7.52. The second-order valence-electron chi connectivity index (χ2n) is 2.65. The van der Waals surface area contributed by atoms with Crippen LogP contribution in [-0.2, 0) is 4.74 Å². The molecule has 0 aromatic heterocycles. The van der Waals surface area contributed by atoms with Crippen molar-refractivity contribution >= 4 is 0 Å². The van der Waals surface area contributed by atoms with Crippen LogP contribution < -0.4 is 0 Å². The number of hydrogen-bond acceptors (Lipinski definition) is 1. The molecule has 0 radical (unpaired) electrons. The molecule has 10 heavy (non-hydrogen) atoms. The fourth-order valence-corrected chi connectivity index (χ4v) is 1.06. The normalized spacial score (nSPS) is 26.1. The summed E-state index contributed by atoms with van der Waals surface area (Å²) in [7, 11) is 0. The third-order valence-corrected chi connectivity index (χ3v) is 1.74. The Morgan fingerprint density at radius 2 is 1.80 bits per heavy atom. The van der Waals surface area contributed by atoms with Crippen LogP contribution >= 0.6 is 0 Å². The van der Waals surface area contributed by atoms with Crippen molar-refractivity contribution in [3.05, 3.63) is 0 Å². The van der Waals surface area contributed by atoms with Crippen molar-refractivity contribution in [1.29, 1.82) is 0 Å². The lowest BCUT2D eigenvalue weighted by molar-refractivity contribution is 0.142. The first-order valence-corrected chi connectivity index (χ1v) is 4.47. The van der Waals surface area contributed by atoms with E-state index < -0.39 is 0 Å². The van der Waals surface area contributed by atoms with Crippen molar-refractivity contribution in [2.24, 2.45) is 5.92 Å². The van der Waals surface area contributed by atoms with Gasteiger partial charge in [0.2, 0.25) is 0 Å². The van der Waals surface area contributed by atoms with E-state index in [2.05, 4.69) is 6.92 Å². The van der Waals surface area contributed by atoms with Crippen molar-refractivity contribution in [3.63, 3.8) is 0 Å². The van der Waals surface area contributed by atoms with Crippen LogP contribution in [0.4, 0.5) is 0 Å². The third kappa shape index (κ3) is 4.80. The van der Waals surface area contributed by atoms with Crippen LogP contribution in [0.5, 0.6) is 0 Å². The summed E-state index contributed by atoms with van der Waals surface area (Å²) in [4.78, 5) is 0. The van der Waals surface area contributed by atoms with Gasteiger partial charge in [-0.25, -0.2) is 0 Å². The van der Waals surface area contributed by atoms with Crippen LogP contribution in [-0.4, -0.2) is 13.2 Å². The molecule has 1 saturated heterocycles. The molecule has 1 atom stereocenters.